The normalized spacial score (nSPS) is 11.3. The molecule has 0 bridgehead atoms. The van der Waals surface area contributed by atoms with Gasteiger partial charge in [-0.25, -0.2) is 0 Å². The van der Waals surface area contributed by atoms with Crippen molar-refractivity contribution in [2.75, 3.05) is 0 Å². The number of aromatic nitrogens is 7. The smallest absolute Gasteiger partial charge is 0.0523 e. The van der Waals surface area contributed by atoms with Gasteiger partial charge in [-0.05, 0) is 87.6 Å². The third-order valence-electron chi connectivity index (χ3n) is 7.05. The second-order valence-electron chi connectivity index (χ2n) is 10.7. The standard InChI is InChI=1S/C21H23N3.C12H7F2N4.Re/c1-20(2,16-10-5-7-14-22-16)18-12-9-13-19(24-18)21(3,4)17-11-6-8-15-23-17;13-9-7-10(14)12(18-6-2-4-16-18)8-11(9)17-5-1-3-15-17;/h5-15H,1-4H3;1-7H;/q;-1;. The Labute approximate surface area is 263 Å². The average Bonchev–Trinajstić information content (AvgIpc) is 3.74. The van der Waals surface area contributed by atoms with Crippen LogP contribution in [-0.4, -0.2) is 34.5 Å². The van der Waals surface area contributed by atoms with Gasteiger partial charge in [0, 0.05) is 80.1 Å². The average molecular weight is 749 g/mol. The minimum absolute atomic E-state index is 0. The van der Waals surface area contributed by atoms with Crippen molar-refractivity contribution in [2.24, 2.45) is 0 Å². The van der Waals surface area contributed by atoms with Crippen LogP contribution >= 0.6 is 0 Å². The fraction of sp³-hybridized carbons (Fsp3) is 0.182. The van der Waals surface area contributed by atoms with Gasteiger partial charge in [0.15, 0.2) is 0 Å². The number of hydrogen-bond donors (Lipinski definition) is 0. The Morgan fingerprint density at radius 1 is 0.581 bits per heavy atom. The number of halogens is 2. The topological polar surface area (TPSA) is 74.3 Å². The van der Waals surface area contributed by atoms with Crippen LogP contribution < -0.4 is 0 Å². The van der Waals surface area contributed by atoms with Crippen molar-refractivity contribution in [3.8, 4) is 11.4 Å². The van der Waals surface area contributed by atoms with Crippen LogP contribution in [0, 0.1) is 17.7 Å². The summed E-state index contributed by atoms with van der Waals surface area (Å²) in [7, 11) is 0. The number of rotatable bonds is 6. The van der Waals surface area contributed by atoms with Gasteiger partial charge < -0.3 is 0 Å². The van der Waals surface area contributed by atoms with Crippen molar-refractivity contribution in [1.82, 2.24) is 34.5 Å². The molecule has 43 heavy (non-hydrogen) atoms. The molecule has 5 aromatic heterocycles. The van der Waals surface area contributed by atoms with Gasteiger partial charge >= 0.3 is 0 Å². The van der Waals surface area contributed by atoms with E-state index in [0.717, 1.165) is 28.8 Å². The zero-order chi connectivity index (χ0) is 29.7. The second-order valence-corrected chi connectivity index (χ2v) is 10.7. The zero-order valence-corrected chi connectivity index (χ0v) is 26.9. The van der Waals surface area contributed by atoms with Crippen molar-refractivity contribution < 1.29 is 29.2 Å². The van der Waals surface area contributed by atoms with Crippen molar-refractivity contribution >= 4 is 0 Å². The molecular weight excluding hydrogens is 719 g/mol. The molecule has 7 nitrogen and oxygen atoms in total. The maximum Gasteiger partial charge on any atom is 0.0523 e. The van der Waals surface area contributed by atoms with Crippen LogP contribution in [0.5, 0.6) is 0 Å². The molecule has 0 saturated heterocycles. The van der Waals surface area contributed by atoms with E-state index in [9.17, 15) is 8.78 Å². The summed E-state index contributed by atoms with van der Waals surface area (Å²) in [6, 6.07) is 25.0. The predicted molar refractivity (Wildman–Crippen MR) is 156 cm³/mol. The van der Waals surface area contributed by atoms with Crippen molar-refractivity contribution in [3.05, 3.63) is 150 Å². The number of benzene rings is 1. The van der Waals surface area contributed by atoms with E-state index in [2.05, 4.69) is 84.3 Å². The van der Waals surface area contributed by atoms with E-state index in [1.165, 1.54) is 21.8 Å². The Bertz CT molecular complexity index is 1620. The molecule has 0 atom stereocenters. The molecule has 0 amide bonds. The van der Waals surface area contributed by atoms with Gasteiger partial charge in [-0.2, -0.15) is 10.2 Å². The first-order chi connectivity index (χ1) is 20.2. The Balaban J connectivity index is 0.000000199. The summed E-state index contributed by atoms with van der Waals surface area (Å²) in [5.74, 6) is -1.46. The van der Waals surface area contributed by atoms with Crippen LogP contribution in [0.1, 0.15) is 50.5 Å². The molecule has 1 radical (unpaired) electrons. The molecule has 0 unspecified atom stereocenters. The monoisotopic (exact) mass is 749 g/mol. The van der Waals surface area contributed by atoms with Crippen LogP contribution in [0.4, 0.5) is 8.78 Å². The Morgan fingerprint density at radius 2 is 1.02 bits per heavy atom. The molecule has 10 heteroatoms. The predicted octanol–water partition coefficient (Wildman–Crippen LogP) is 6.66. The molecular formula is C33H30F2N7Re-. The van der Waals surface area contributed by atoms with Crippen LogP contribution in [0.25, 0.3) is 11.4 Å². The van der Waals surface area contributed by atoms with Gasteiger partial charge in [-0.15, -0.1) is 6.07 Å². The van der Waals surface area contributed by atoms with Gasteiger partial charge in [0.1, 0.15) is 0 Å². The summed E-state index contributed by atoms with van der Waals surface area (Å²) in [5, 5.41) is 7.79. The Kier molecular flexibility index (Phi) is 9.74. The van der Waals surface area contributed by atoms with Gasteiger partial charge in [0.2, 0.25) is 0 Å². The molecule has 5 heterocycles. The van der Waals surface area contributed by atoms with Crippen LogP contribution in [-0.2, 0) is 31.3 Å². The van der Waals surface area contributed by atoms with E-state index in [1.54, 1.807) is 24.5 Å². The van der Waals surface area contributed by atoms with E-state index >= 15 is 0 Å². The number of hydrogen-bond acceptors (Lipinski definition) is 5. The Morgan fingerprint density at radius 3 is 1.40 bits per heavy atom. The van der Waals surface area contributed by atoms with E-state index in [0.29, 0.717) is 0 Å². The summed E-state index contributed by atoms with van der Waals surface area (Å²) < 4.78 is 29.9. The molecule has 6 rings (SSSR count). The fourth-order valence-corrected chi connectivity index (χ4v) is 4.47. The molecule has 0 aliphatic carbocycles. The fourth-order valence-electron chi connectivity index (χ4n) is 4.47. The van der Waals surface area contributed by atoms with Gasteiger partial charge in [0.05, 0.1) is 22.8 Å². The van der Waals surface area contributed by atoms with E-state index in [1.807, 2.05) is 36.7 Å². The Hall–Kier alpha value is -4.39. The molecule has 0 aliphatic rings. The minimum atomic E-state index is -0.730. The molecule has 0 saturated carbocycles. The summed E-state index contributed by atoms with van der Waals surface area (Å²) >= 11 is 0. The van der Waals surface area contributed by atoms with E-state index < -0.39 is 11.6 Å². The largest absolute Gasteiger partial charge is 0.282 e. The first-order valence-electron chi connectivity index (χ1n) is 13.4. The molecule has 0 N–H and O–H groups in total. The summed E-state index contributed by atoms with van der Waals surface area (Å²) in [6.45, 7) is 8.65. The maximum atomic E-state index is 13.7. The molecule has 6 aromatic rings. The van der Waals surface area contributed by atoms with Crippen molar-refractivity contribution in [1.29, 1.82) is 0 Å². The van der Waals surface area contributed by atoms with Crippen molar-refractivity contribution in [3.63, 3.8) is 0 Å². The molecule has 1 aromatic carbocycles. The maximum absolute atomic E-state index is 13.7. The minimum Gasteiger partial charge on any atom is -0.282 e. The quantitative estimate of drug-likeness (QED) is 0.178. The number of pyridine rings is 3. The molecule has 0 spiro atoms. The van der Waals surface area contributed by atoms with Gasteiger partial charge in [-0.3, -0.25) is 33.1 Å². The van der Waals surface area contributed by atoms with Gasteiger partial charge in [0.25, 0.3) is 0 Å². The molecule has 0 fully saturated rings. The van der Waals surface area contributed by atoms with E-state index in [-0.39, 0.29) is 42.6 Å². The summed E-state index contributed by atoms with van der Waals surface area (Å²) in [6.07, 6.45) is 9.78. The third kappa shape index (κ3) is 6.82. The number of nitrogens with zero attached hydrogens (tertiary/aromatic N) is 7. The SMILES string of the molecule is CC(C)(c1ccccn1)c1cccc(C(C)(C)c2ccccn2)n1.Fc1cc(F)c(-n2cccn2)[c-]c1-n1cccn1.[Re]. The van der Waals surface area contributed by atoms with Crippen molar-refractivity contribution in [2.45, 2.75) is 38.5 Å². The summed E-state index contributed by atoms with van der Waals surface area (Å²) in [4.78, 5) is 14.0. The zero-order valence-electron chi connectivity index (χ0n) is 24.2. The molecule has 0 aliphatic heterocycles. The second kappa shape index (κ2) is 13.3. The van der Waals surface area contributed by atoms with Crippen LogP contribution in [0.2, 0.25) is 0 Å². The molecule has 219 valence electrons. The van der Waals surface area contributed by atoms with Crippen LogP contribution in [0.15, 0.2) is 110 Å². The summed E-state index contributed by atoms with van der Waals surface area (Å²) in [5.41, 5.74) is 3.66. The van der Waals surface area contributed by atoms with Gasteiger partial charge in [-0.1, -0.05) is 24.3 Å². The van der Waals surface area contributed by atoms with Crippen LogP contribution in [0.3, 0.4) is 0 Å². The third-order valence-corrected chi connectivity index (χ3v) is 7.05. The first-order valence-corrected chi connectivity index (χ1v) is 13.4. The first kappa shape index (κ1) is 31.5. The van der Waals surface area contributed by atoms with E-state index in [4.69, 9.17) is 4.98 Å².